The van der Waals surface area contributed by atoms with Gasteiger partial charge in [0.25, 0.3) is 0 Å². The third-order valence-corrected chi connectivity index (χ3v) is 4.63. The van der Waals surface area contributed by atoms with Crippen LogP contribution in [-0.2, 0) is 6.54 Å². The van der Waals surface area contributed by atoms with Gasteiger partial charge in [-0.05, 0) is 44.0 Å². The smallest absolute Gasteiger partial charge is 0.161 e. The van der Waals surface area contributed by atoms with Crippen molar-refractivity contribution >= 4 is 0 Å². The molecule has 0 spiro atoms. The Hall–Kier alpha value is -2.01. The van der Waals surface area contributed by atoms with Crippen LogP contribution in [-0.4, -0.2) is 41.2 Å². The number of H-pyrrole nitrogens is 1. The van der Waals surface area contributed by atoms with E-state index in [1.807, 2.05) is 12.3 Å². The quantitative estimate of drug-likeness (QED) is 0.946. The minimum atomic E-state index is 0.509. The molecule has 1 fully saturated rings. The predicted octanol–water partition coefficient (Wildman–Crippen LogP) is 2.87. The zero-order valence-electron chi connectivity index (χ0n) is 13.5. The molecule has 5 nitrogen and oxygen atoms in total. The number of ether oxygens (including phenoxy) is 2. The zero-order chi connectivity index (χ0) is 15.6. The minimum Gasteiger partial charge on any atom is -0.486 e. The second kappa shape index (κ2) is 6.24. The number of nitrogens with zero attached hydrogens (tertiary/aromatic N) is 2. The van der Waals surface area contributed by atoms with E-state index in [4.69, 9.17) is 9.47 Å². The van der Waals surface area contributed by atoms with Gasteiger partial charge in [0.2, 0.25) is 0 Å². The number of piperidine rings is 1. The van der Waals surface area contributed by atoms with Gasteiger partial charge in [0.05, 0.1) is 0 Å². The first-order valence-corrected chi connectivity index (χ1v) is 8.40. The molecule has 0 radical (unpaired) electrons. The van der Waals surface area contributed by atoms with Crippen LogP contribution in [0.15, 0.2) is 24.4 Å². The number of aryl methyl sites for hydroxylation is 1. The molecule has 2 aliphatic rings. The summed E-state index contributed by atoms with van der Waals surface area (Å²) >= 11 is 0. The van der Waals surface area contributed by atoms with Gasteiger partial charge in [-0.1, -0.05) is 6.07 Å². The molecule has 3 heterocycles. The maximum atomic E-state index is 5.69. The Balaban J connectivity index is 1.44. The molecule has 2 aromatic rings. The maximum Gasteiger partial charge on any atom is 0.161 e. The third kappa shape index (κ3) is 3.20. The monoisotopic (exact) mass is 313 g/mol. The average molecular weight is 313 g/mol. The van der Waals surface area contributed by atoms with Gasteiger partial charge in [0.1, 0.15) is 19.0 Å². The molecule has 122 valence electrons. The van der Waals surface area contributed by atoms with E-state index in [1.54, 1.807) is 0 Å². The first-order valence-electron chi connectivity index (χ1n) is 8.40. The molecule has 0 amide bonds. The molecule has 1 atom stereocenters. The summed E-state index contributed by atoms with van der Waals surface area (Å²) in [7, 11) is 0. The van der Waals surface area contributed by atoms with Gasteiger partial charge in [-0.25, -0.2) is 4.98 Å². The highest BCUT2D eigenvalue weighted by Crippen LogP contribution is 2.32. The van der Waals surface area contributed by atoms with E-state index in [0.29, 0.717) is 19.1 Å². The number of benzene rings is 1. The molecule has 1 N–H and O–H groups in total. The highest BCUT2D eigenvalue weighted by Gasteiger charge is 2.23. The Labute approximate surface area is 136 Å². The first kappa shape index (κ1) is 14.6. The third-order valence-electron chi connectivity index (χ3n) is 4.63. The second-order valence-electron chi connectivity index (χ2n) is 6.50. The van der Waals surface area contributed by atoms with E-state index >= 15 is 0 Å². The molecule has 1 aromatic carbocycles. The van der Waals surface area contributed by atoms with E-state index in [0.717, 1.165) is 42.7 Å². The van der Waals surface area contributed by atoms with Gasteiger partial charge in [-0.2, -0.15) is 0 Å². The van der Waals surface area contributed by atoms with E-state index in [-0.39, 0.29) is 0 Å². The van der Waals surface area contributed by atoms with Gasteiger partial charge in [0, 0.05) is 30.9 Å². The van der Waals surface area contributed by atoms with Crippen LogP contribution in [0.4, 0.5) is 0 Å². The Morgan fingerprint density at radius 2 is 2.13 bits per heavy atom. The van der Waals surface area contributed by atoms with Crippen LogP contribution < -0.4 is 9.47 Å². The van der Waals surface area contributed by atoms with E-state index in [2.05, 4.69) is 33.9 Å². The van der Waals surface area contributed by atoms with Crippen LogP contribution in [0.1, 0.15) is 35.8 Å². The lowest BCUT2D eigenvalue weighted by Crippen LogP contribution is -2.34. The van der Waals surface area contributed by atoms with Crippen molar-refractivity contribution in [3.8, 4) is 11.5 Å². The lowest BCUT2D eigenvalue weighted by Gasteiger charge is -2.32. The lowest BCUT2D eigenvalue weighted by atomic mass is 9.97. The maximum absolute atomic E-state index is 5.69. The van der Waals surface area contributed by atoms with E-state index in [9.17, 15) is 0 Å². The number of nitrogens with one attached hydrogen (secondary N) is 1. The highest BCUT2D eigenvalue weighted by molar-refractivity contribution is 5.43. The summed E-state index contributed by atoms with van der Waals surface area (Å²) in [6.07, 6.45) is 4.36. The van der Waals surface area contributed by atoms with Crippen molar-refractivity contribution in [1.82, 2.24) is 14.9 Å². The number of aromatic amines is 1. The topological polar surface area (TPSA) is 50.4 Å². The molecular formula is C18H23N3O2. The standard InChI is InChI=1S/C18H23N3O2/c1-13-10-19-18(20-13)15-3-2-6-21(12-15)11-14-4-5-16-17(9-14)23-8-7-22-16/h4-5,9-10,15H,2-3,6-8,11-12H2,1H3,(H,19,20). The van der Waals surface area contributed by atoms with Crippen molar-refractivity contribution < 1.29 is 9.47 Å². The van der Waals surface area contributed by atoms with Crippen LogP contribution in [0.5, 0.6) is 11.5 Å². The number of aromatic nitrogens is 2. The van der Waals surface area contributed by atoms with Crippen LogP contribution in [0.25, 0.3) is 0 Å². The van der Waals surface area contributed by atoms with Crippen LogP contribution >= 0.6 is 0 Å². The predicted molar refractivity (Wildman–Crippen MR) is 88.0 cm³/mol. The van der Waals surface area contributed by atoms with Gasteiger partial charge >= 0.3 is 0 Å². The van der Waals surface area contributed by atoms with Crippen LogP contribution in [0.3, 0.4) is 0 Å². The molecular weight excluding hydrogens is 290 g/mol. The van der Waals surface area contributed by atoms with E-state index < -0.39 is 0 Å². The number of hydrogen-bond donors (Lipinski definition) is 1. The average Bonchev–Trinajstić information content (AvgIpc) is 3.02. The molecule has 2 aliphatic heterocycles. The molecule has 1 aromatic heterocycles. The first-order chi connectivity index (χ1) is 11.3. The summed E-state index contributed by atoms with van der Waals surface area (Å²) in [6, 6.07) is 6.30. The molecule has 23 heavy (non-hydrogen) atoms. The summed E-state index contributed by atoms with van der Waals surface area (Å²) in [5.41, 5.74) is 2.43. The van der Waals surface area contributed by atoms with Crippen molar-refractivity contribution in [3.63, 3.8) is 0 Å². The Kier molecular flexibility index (Phi) is 3.95. The Morgan fingerprint density at radius 1 is 1.26 bits per heavy atom. The molecule has 0 saturated carbocycles. The summed E-state index contributed by atoms with van der Waals surface area (Å²) in [4.78, 5) is 10.4. The fourth-order valence-corrected chi connectivity index (χ4v) is 3.51. The molecule has 1 saturated heterocycles. The van der Waals surface area contributed by atoms with Crippen molar-refractivity contribution in [3.05, 3.63) is 41.5 Å². The number of fused-ring (bicyclic) bond motifs is 1. The SMILES string of the molecule is Cc1cnc(C2CCCN(Cc3ccc4c(c3)OCCO4)C2)[nH]1. The second-order valence-corrected chi connectivity index (χ2v) is 6.50. The van der Waals surface area contributed by atoms with Crippen molar-refractivity contribution in [1.29, 1.82) is 0 Å². The molecule has 0 aliphatic carbocycles. The summed E-state index contributed by atoms with van der Waals surface area (Å²) in [5.74, 6) is 3.38. The molecule has 0 bridgehead atoms. The highest BCUT2D eigenvalue weighted by atomic mass is 16.6. The minimum absolute atomic E-state index is 0.509. The van der Waals surface area contributed by atoms with Crippen LogP contribution in [0, 0.1) is 6.92 Å². The van der Waals surface area contributed by atoms with Gasteiger partial charge < -0.3 is 14.5 Å². The Bertz CT molecular complexity index is 683. The summed E-state index contributed by atoms with van der Waals surface area (Å²) in [6.45, 7) is 6.49. The fraction of sp³-hybridized carbons (Fsp3) is 0.500. The number of hydrogen-bond acceptors (Lipinski definition) is 4. The Morgan fingerprint density at radius 3 is 2.96 bits per heavy atom. The zero-order valence-corrected chi connectivity index (χ0v) is 13.5. The summed E-state index contributed by atoms with van der Waals surface area (Å²) < 4.78 is 11.3. The van der Waals surface area contributed by atoms with Gasteiger partial charge in [0.15, 0.2) is 11.5 Å². The van der Waals surface area contributed by atoms with E-state index in [1.165, 1.54) is 18.4 Å². The summed E-state index contributed by atoms with van der Waals surface area (Å²) in [5, 5.41) is 0. The molecule has 5 heteroatoms. The van der Waals surface area contributed by atoms with Gasteiger partial charge in [-0.15, -0.1) is 0 Å². The molecule has 1 unspecified atom stereocenters. The normalized spacial score (nSPS) is 21.3. The lowest BCUT2D eigenvalue weighted by molar-refractivity contribution is 0.170. The fourth-order valence-electron chi connectivity index (χ4n) is 3.51. The number of imidazole rings is 1. The van der Waals surface area contributed by atoms with Crippen molar-refractivity contribution in [2.24, 2.45) is 0 Å². The van der Waals surface area contributed by atoms with Crippen molar-refractivity contribution in [2.45, 2.75) is 32.2 Å². The molecule has 4 rings (SSSR count). The van der Waals surface area contributed by atoms with Crippen molar-refractivity contribution in [2.75, 3.05) is 26.3 Å². The number of rotatable bonds is 3. The van der Waals surface area contributed by atoms with Crippen LogP contribution in [0.2, 0.25) is 0 Å². The largest absolute Gasteiger partial charge is 0.486 e. The number of likely N-dealkylation sites (tertiary alicyclic amines) is 1. The van der Waals surface area contributed by atoms with Gasteiger partial charge in [-0.3, -0.25) is 4.90 Å².